The molecule has 7 aliphatic rings. The minimum Gasteiger partial charge on any atom is -0.481 e. The van der Waals surface area contributed by atoms with Gasteiger partial charge in [-0.1, -0.05) is 60.1 Å². The van der Waals surface area contributed by atoms with Crippen molar-refractivity contribution in [3.8, 4) is 0 Å². The number of fused-ring (bicyclic) bond motifs is 7. The fraction of sp³-hybridized carbons (Fsp3) is 0.905. The Balaban J connectivity index is 1.13. The smallest absolute Gasteiger partial charge is 0.335 e. The van der Waals surface area contributed by atoms with Crippen molar-refractivity contribution >= 4 is 11.9 Å². The van der Waals surface area contributed by atoms with Gasteiger partial charge in [0.1, 0.15) is 42.7 Å². The fourth-order valence-corrected chi connectivity index (χ4v) is 13.7. The van der Waals surface area contributed by atoms with Gasteiger partial charge in [-0.25, -0.2) is 4.79 Å². The number of rotatable bonds is 7. The van der Waals surface area contributed by atoms with Crippen LogP contribution in [0.15, 0.2) is 11.6 Å². The van der Waals surface area contributed by atoms with Crippen LogP contribution in [-0.2, 0) is 28.5 Å². The Bertz CT molecular complexity index is 1560. The molecule has 318 valence electrons. The third kappa shape index (κ3) is 6.17. The molecule has 0 bridgehead atoms. The minimum absolute atomic E-state index is 0.0231. The summed E-state index contributed by atoms with van der Waals surface area (Å²) in [5.41, 5.74) is -0.0185. The second kappa shape index (κ2) is 14.2. The zero-order chi connectivity index (χ0) is 41.1. The predicted molar refractivity (Wildman–Crippen MR) is 198 cm³/mol. The Hall–Kier alpha value is -1.72. The zero-order valence-electron chi connectivity index (χ0n) is 34.0. The summed E-state index contributed by atoms with van der Waals surface area (Å²) in [5, 5.41) is 84.1. The van der Waals surface area contributed by atoms with Gasteiger partial charge in [-0.2, -0.15) is 0 Å². The van der Waals surface area contributed by atoms with Crippen LogP contribution < -0.4 is 0 Å². The van der Waals surface area contributed by atoms with Crippen LogP contribution in [0.2, 0.25) is 0 Å². The Labute approximate surface area is 329 Å². The van der Waals surface area contributed by atoms with Crippen molar-refractivity contribution in [3.05, 3.63) is 11.6 Å². The summed E-state index contributed by atoms with van der Waals surface area (Å²) < 4.78 is 23.5. The van der Waals surface area contributed by atoms with E-state index in [-0.39, 0.29) is 33.5 Å². The predicted octanol–water partition coefficient (Wildman–Crippen LogP) is 2.97. The van der Waals surface area contributed by atoms with E-state index in [1.165, 1.54) is 5.57 Å². The van der Waals surface area contributed by atoms with Crippen molar-refractivity contribution < 1.29 is 69.4 Å². The lowest BCUT2D eigenvalue weighted by atomic mass is 9.33. The van der Waals surface area contributed by atoms with Crippen LogP contribution in [0.5, 0.6) is 0 Å². The highest BCUT2D eigenvalue weighted by Gasteiger charge is 2.69. The van der Waals surface area contributed by atoms with Crippen molar-refractivity contribution in [2.45, 2.75) is 180 Å². The number of aliphatic hydroxyl groups excluding tert-OH is 6. The average molecular weight is 795 g/mol. The molecule has 18 atom stereocenters. The molecule has 14 nitrogen and oxygen atoms in total. The van der Waals surface area contributed by atoms with E-state index in [2.05, 4.69) is 54.5 Å². The summed E-state index contributed by atoms with van der Waals surface area (Å²) in [5.74, 6) is -1.64. The lowest BCUT2D eigenvalue weighted by molar-refractivity contribution is -0.365. The Morgan fingerprint density at radius 2 is 1.41 bits per heavy atom. The molecule has 8 N–H and O–H groups in total. The molecule has 5 aliphatic carbocycles. The number of aliphatic hydroxyl groups is 6. The van der Waals surface area contributed by atoms with Crippen LogP contribution in [0.4, 0.5) is 0 Å². The molecule has 2 aliphatic heterocycles. The summed E-state index contributed by atoms with van der Waals surface area (Å²) in [6.45, 7) is 15.4. The molecule has 0 aromatic heterocycles. The Kier molecular flexibility index (Phi) is 10.8. The highest BCUT2D eigenvalue weighted by atomic mass is 16.7. The first-order valence-electron chi connectivity index (χ1n) is 20.8. The van der Waals surface area contributed by atoms with Crippen LogP contribution in [0.3, 0.4) is 0 Å². The molecule has 2 saturated heterocycles. The average Bonchev–Trinajstić information content (AvgIpc) is 3.11. The molecule has 0 aromatic carbocycles. The van der Waals surface area contributed by atoms with Gasteiger partial charge in [-0.15, -0.1) is 0 Å². The third-order valence-corrected chi connectivity index (χ3v) is 17.2. The van der Waals surface area contributed by atoms with Crippen LogP contribution in [0, 0.1) is 50.2 Å². The van der Waals surface area contributed by atoms with Gasteiger partial charge in [0.05, 0.1) is 18.1 Å². The largest absolute Gasteiger partial charge is 0.481 e. The summed E-state index contributed by atoms with van der Waals surface area (Å²) in [6, 6.07) is 0. The normalized spacial score (nSPS) is 52.3. The van der Waals surface area contributed by atoms with Gasteiger partial charge in [-0.3, -0.25) is 4.79 Å². The SMILES string of the molecule is CC1(C)CC[C@]2(C(=O)O)CC[C@]3(C)C(=CC[C@H]4[C@@]5(C)CC[C@H](O[C@@H]6O[C@H](C(=O)O)[C@@H](O)[C@H](O[C@@H]7O[C@H](CO)[C@@H](O)[C@H](O)[C@H]7O)[C@H]6O)C(C)(C)[C@H]5CC[C@]43C)[C@@H]2C1. The lowest BCUT2D eigenvalue weighted by Crippen LogP contribution is -2.67. The number of carboxylic acids is 2. The Morgan fingerprint density at radius 3 is 2.05 bits per heavy atom. The van der Waals surface area contributed by atoms with Gasteiger partial charge in [0.25, 0.3) is 0 Å². The number of aliphatic carboxylic acids is 2. The maximum absolute atomic E-state index is 13.0. The van der Waals surface area contributed by atoms with Crippen molar-refractivity contribution in [3.63, 3.8) is 0 Å². The maximum Gasteiger partial charge on any atom is 0.335 e. The van der Waals surface area contributed by atoms with E-state index < -0.39 is 96.9 Å². The monoisotopic (exact) mass is 794 g/mol. The molecule has 0 spiro atoms. The van der Waals surface area contributed by atoms with E-state index in [0.717, 1.165) is 51.4 Å². The van der Waals surface area contributed by atoms with E-state index >= 15 is 0 Å². The second-order valence-electron chi connectivity index (χ2n) is 20.7. The van der Waals surface area contributed by atoms with E-state index in [9.17, 15) is 50.4 Å². The van der Waals surface area contributed by atoms with E-state index in [0.29, 0.717) is 18.8 Å². The Morgan fingerprint density at radius 1 is 0.750 bits per heavy atom. The number of allylic oxidation sites excluding steroid dienone is 2. The number of carboxylic acid groups (broad SMARTS) is 2. The van der Waals surface area contributed by atoms with Gasteiger partial charge < -0.3 is 59.8 Å². The van der Waals surface area contributed by atoms with Crippen LogP contribution in [-0.4, -0.2) is 127 Å². The molecule has 0 radical (unpaired) electrons. The molecule has 0 amide bonds. The highest BCUT2D eigenvalue weighted by molar-refractivity contribution is 5.76. The quantitative estimate of drug-likeness (QED) is 0.137. The molecule has 0 aromatic rings. The highest BCUT2D eigenvalue weighted by Crippen LogP contribution is 2.76. The number of carbonyl (C=O) groups is 2. The van der Waals surface area contributed by atoms with Gasteiger partial charge in [0, 0.05) is 0 Å². The molecule has 2 heterocycles. The van der Waals surface area contributed by atoms with E-state index in [1.807, 2.05) is 0 Å². The summed E-state index contributed by atoms with van der Waals surface area (Å²) in [7, 11) is 0. The third-order valence-electron chi connectivity index (χ3n) is 17.2. The lowest BCUT2D eigenvalue weighted by Gasteiger charge is -2.71. The topological polar surface area (TPSA) is 233 Å². The summed E-state index contributed by atoms with van der Waals surface area (Å²) in [4.78, 5) is 25.4. The molecular weight excluding hydrogens is 728 g/mol. The van der Waals surface area contributed by atoms with Crippen molar-refractivity contribution in [1.29, 1.82) is 0 Å². The van der Waals surface area contributed by atoms with Crippen molar-refractivity contribution in [1.82, 2.24) is 0 Å². The first-order valence-corrected chi connectivity index (χ1v) is 20.8. The molecule has 56 heavy (non-hydrogen) atoms. The van der Waals surface area contributed by atoms with Gasteiger partial charge >= 0.3 is 11.9 Å². The zero-order valence-corrected chi connectivity index (χ0v) is 34.0. The molecule has 6 fully saturated rings. The van der Waals surface area contributed by atoms with Gasteiger partial charge in [0.15, 0.2) is 18.7 Å². The van der Waals surface area contributed by atoms with Gasteiger partial charge in [0.2, 0.25) is 0 Å². The van der Waals surface area contributed by atoms with E-state index in [4.69, 9.17) is 18.9 Å². The van der Waals surface area contributed by atoms with Gasteiger partial charge in [-0.05, 0) is 109 Å². The molecular formula is C42H66O14. The van der Waals surface area contributed by atoms with Crippen molar-refractivity contribution in [2.75, 3.05) is 6.61 Å². The summed E-state index contributed by atoms with van der Waals surface area (Å²) in [6.07, 6.45) is -7.02. The van der Waals surface area contributed by atoms with Crippen LogP contribution in [0.1, 0.15) is 113 Å². The first kappa shape index (κ1) is 42.4. The molecule has 4 saturated carbocycles. The molecule has 0 unspecified atom stereocenters. The number of ether oxygens (including phenoxy) is 4. The van der Waals surface area contributed by atoms with E-state index in [1.54, 1.807) is 0 Å². The summed E-state index contributed by atoms with van der Waals surface area (Å²) >= 11 is 0. The second-order valence-corrected chi connectivity index (χ2v) is 20.7. The molecule has 7 rings (SSSR count). The van der Waals surface area contributed by atoms with Crippen molar-refractivity contribution in [2.24, 2.45) is 50.2 Å². The fourth-order valence-electron chi connectivity index (χ4n) is 13.7. The minimum atomic E-state index is -1.93. The van der Waals surface area contributed by atoms with Crippen LogP contribution in [0.25, 0.3) is 0 Å². The number of hydrogen-bond donors (Lipinski definition) is 8. The standard InChI is InChI=1S/C42H66O14/c1-37(2)14-16-42(36(51)52)17-15-40(6)20(21(42)18-37)8-9-24-39(5)12-11-25(38(3,4)23(39)10-13-41(24,40)7)54-35-30(48)31(29(47)32(56-35)33(49)50)55-34-28(46)27(45)26(44)22(19-43)53-34/h8,21-32,34-35,43-48H,9-19H2,1-7H3,(H,49,50)(H,51,52)/t21-,22+,23+,24-,25-,26+,27-,28+,29-,30+,31-,32-,34-,35+,39-,40+,41+,42-/m0/s1. The number of hydrogen-bond acceptors (Lipinski definition) is 12. The maximum atomic E-state index is 13.0. The molecule has 14 heteroatoms. The van der Waals surface area contributed by atoms with Crippen LogP contribution >= 0.6 is 0 Å². The first-order chi connectivity index (χ1) is 26.0.